The third-order valence-electron chi connectivity index (χ3n) is 3.28. The molecule has 2 rings (SSSR count). The predicted octanol–water partition coefficient (Wildman–Crippen LogP) is 1.04. The van der Waals surface area contributed by atoms with Crippen LogP contribution in [0.2, 0.25) is 0 Å². The van der Waals surface area contributed by atoms with E-state index in [1.807, 2.05) is 0 Å². The molecule has 1 atom stereocenters. The number of nitrogens with zero attached hydrogens (tertiary/aromatic N) is 1. The van der Waals surface area contributed by atoms with Gasteiger partial charge in [-0.05, 0) is 31.0 Å². The molecule has 1 fully saturated rings. The van der Waals surface area contributed by atoms with Gasteiger partial charge in [-0.1, -0.05) is 6.07 Å². The Kier molecular flexibility index (Phi) is 4.16. The lowest BCUT2D eigenvalue weighted by atomic mass is 10.0. The summed E-state index contributed by atoms with van der Waals surface area (Å²) in [6.07, 6.45) is 1.87. The Morgan fingerprint density at radius 3 is 2.79 bits per heavy atom. The van der Waals surface area contributed by atoms with Crippen molar-refractivity contribution in [1.82, 2.24) is 4.90 Å². The van der Waals surface area contributed by atoms with Crippen molar-refractivity contribution in [3.8, 4) is 0 Å². The number of carbonyl (C=O) groups excluding carboxylic acids is 2. The molecule has 1 saturated heterocycles. The lowest BCUT2D eigenvalue weighted by Crippen LogP contribution is -2.45. The SMILES string of the molecule is COC(=O)c1cccc(C(=O)N2CCCC(N)C2)c1. The Morgan fingerprint density at radius 2 is 2.11 bits per heavy atom. The third kappa shape index (κ3) is 3.12. The molecule has 0 aromatic heterocycles. The normalized spacial score (nSPS) is 19.1. The van der Waals surface area contributed by atoms with E-state index in [0.29, 0.717) is 17.7 Å². The fourth-order valence-corrected chi connectivity index (χ4v) is 2.27. The minimum atomic E-state index is -0.440. The summed E-state index contributed by atoms with van der Waals surface area (Å²) in [7, 11) is 1.32. The highest BCUT2D eigenvalue weighted by atomic mass is 16.5. The van der Waals surface area contributed by atoms with Crippen molar-refractivity contribution >= 4 is 11.9 Å². The smallest absolute Gasteiger partial charge is 0.337 e. The molecule has 1 aromatic rings. The fourth-order valence-electron chi connectivity index (χ4n) is 2.27. The summed E-state index contributed by atoms with van der Waals surface area (Å²) in [6, 6.07) is 6.62. The lowest BCUT2D eigenvalue weighted by Gasteiger charge is -2.30. The number of ether oxygens (including phenoxy) is 1. The van der Waals surface area contributed by atoms with Gasteiger partial charge < -0.3 is 15.4 Å². The zero-order valence-electron chi connectivity index (χ0n) is 11.0. The molecule has 19 heavy (non-hydrogen) atoms. The maximum absolute atomic E-state index is 12.3. The molecular formula is C14H18N2O3. The van der Waals surface area contributed by atoms with Gasteiger partial charge in [0.15, 0.2) is 0 Å². The highest BCUT2D eigenvalue weighted by Crippen LogP contribution is 2.14. The molecule has 0 bridgehead atoms. The van der Waals surface area contributed by atoms with Crippen LogP contribution in [-0.2, 0) is 4.74 Å². The molecule has 1 amide bonds. The van der Waals surface area contributed by atoms with Crippen molar-refractivity contribution in [2.24, 2.45) is 5.73 Å². The summed E-state index contributed by atoms with van der Waals surface area (Å²) in [6.45, 7) is 1.29. The summed E-state index contributed by atoms with van der Waals surface area (Å²) in [4.78, 5) is 25.5. The molecule has 1 unspecified atom stereocenters. The van der Waals surface area contributed by atoms with Crippen molar-refractivity contribution in [3.63, 3.8) is 0 Å². The number of likely N-dealkylation sites (tertiary alicyclic amines) is 1. The first kappa shape index (κ1) is 13.5. The number of hydrogen-bond donors (Lipinski definition) is 1. The second-order valence-electron chi connectivity index (χ2n) is 4.73. The van der Waals surface area contributed by atoms with E-state index in [1.165, 1.54) is 7.11 Å². The van der Waals surface area contributed by atoms with E-state index in [2.05, 4.69) is 4.74 Å². The Labute approximate surface area is 112 Å². The standard InChI is InChI=1S/C14H18N2O3/c1-19-14(18)11-5-2-4-10(8-11)13(17)16-7-3-6-12(15)9-16/h2,4-5,8,12H,3,6-7,9,15H2,1H3. The fraction of sp³-hybridized carbons (Fsp3) is 0.429. The van der Waals surface area contributed by atoms with Crippen LogP contribution in [0, 0.1) is 0 Å². The Bertz CT molecular complexity index is 487. The molecule has 1 heterocycles. The molecular weight excluding hydrogens is 244 g/mol. The monoisotopic (exact) mass is 262 g/mol. The van der Waals surface area contributed by atoms with Crippen molar-refractivity contribution < 1.29 is 14.3 Å². The quantitative estimate of drug-likeness (QED) is 0.808. The van der Waals surface area contributed by atoms with E-state index in [4.69, 9.17) is 5.73 Å². The zero-order valence-corrected chi connectivity index (χ0v) is 11.0. The average molecular weight is 262 g/mol. The third-order valence-corrected chi connectivity index (χ3v) is 3.28. The van der Waals surface area contributed by atoms with E-state index in [-0.39, 0.29) is 11.9 Å². The van der Waals surface area contributed by atoms with Crippen LogP contribution in [0.15, 0.2) is 24.3 Å². The van der Waals surface area contributed by atoms with Gasteiger partial charge in [-0.25, -0.2) is 4.79 Å². The summed E-state index contributed by atoms with van der Waals surface area (Å²) in [5, 5.41) is 0. The van der Waals surface area contributed by atoms with Crippen LogP contribution in [0.5, 0.6) is 0 Å². The summed E-state index contributed by atoms with van der Waals surface area (Å²) in [5.41, 5.74) is 6.75. The molecule has 2 N–H and O–H groups in total. The van der Waals surface area contributed by atoms with Crippen LogP contribution in [0.1, 0.15) is 33.6 Å². The van der Waals surface area contributed by atoms with Crippen LogP contribution in [0.3, 0.4) is 0 Å². The van der Waals surface area contributed by atoms with Gasteiger partial charge in [-0.2, -0.15) is 0 Å². The minimum Gasteiger partial charge on any atom is -0.465 e. The first-order valence-corrected chi connectivity index (χ1v) is 6.35. The number of piperidine rings is 1. The van der Waals surface area contributed by atoms with Crippen LogP contribution in [0.25, 0.3) is 0 Å². The van der Waals surface area contributed by atoms with Gasteiger partial charge in [-0.15, -0.1) is 0 Å². The molecule has 1 aliphatic heterocycles. The number of carbonyl (C=O) groups is 2. The second-order valence-corrected chi connectivity index (χ2v) is 4.73. The first-order chi connectivity index (χ1) is 9.11. The topological polar surface area (TPSA) is 72.6 Å². The van der Waals surface area contributed by atoms with E-state index in [9.17, 15) is 9.59 Å². The predicted molar refractivity (Wildman–Crippen MR) is 70.9 cm³/mol. The number of amides is 1. The molecule has 5 heteroatoms. The van der Waals surface area contributed by atoms with Gasteiger partial charge in [0.1, 0.15) is 0 Å². The van der Waals surface area contributed by atoms with Gasteiger partial charge in [0.25, 0.3) is 5.91 Å². The Hall–Kier alpha value is -1.88. The molecule has 1 aromatic carbocycles. The lowest BCUT2D eigenvalue weighted by molar-refractivity contribution is 0.0600. The van der Waals surface area contributed by atoms with Crippen molar-refractivity contribution in [2.75, 3.05) is 20.2 Å². The maximum Gasteiger partial charge on any atom is 0.337 e. The Balaban J connectivity index is 2.16. The molecule has 1 aliphatic rings. The molecule has 0 aliphatic carbocycles. The average Bonchev–Trinajstić information content (AvgIpc) is 2.45. The number of rotatable bonds is 2. The van der Waals surface area contributed by atoms with Gasteiger partial charge in [0.2, 0.25) is 0 Å². The van der Waals surface area contributed by atoms with Gasteiger partial charge in [0.05, 0.1) is 12.7 Å². The minimum absolute atomic E-state index is 0.0430. The molecule has 0 radical (unpaired) electrons. The molecule has 102 valence electrons. The summed E-state index contributed by atoms with van der Waals surface area (Å²) in [5.74, 6) is -0.522. The van der Waals surface area contributed by atoms with E-state index >= 15 is 0 Å². The zero-order chi connectivity index (χ0) is 13.8. The largest absolute Gasteiger partial charge is 0.465 e. The van der Waals surface area contributed by atoms with Crippen molar-refractivity contribution in [2.45, 2.75) is 18.9 Å². The van der Waals surface area contributed by atoms with Crippen LogP contribution in [0.4, 0.5) is 0 Å². The molecule has 5 nitrogen and oxygen atoms in total. The summed E-state index contributed by atoms with van der Waals surface area (Å²) >= 11 is 0. The van der Waals surface area contributed by atoms with Crippen LogP contribution < -0.4 is 5.73 Å². The second kappa shape index (κ2) is 5.84. The molecule has 0 saturated carbocycles. The van der Waals surface area contributed by atoms with Gasteiger partial charge >= 0.3 is 5.97 Å². The highest BCUT2D eigenvalue weighted by Gasteiger charge is 2.22. The summed E-state index contributed by atoms with van der Waals surface area (Å²) < 4.78 is 4.65. The maximum atomic E-state index is 12.3. The van der Waals surface area contributed by atoms with E-state index in [1.54, 1.807) is 29.2 Å². The van der Waals surface area contributed by atoms with Crippen molar-refractivity contribution in [1.29, 1.82) is 0 Å². The van der Waals surface area contributed by atoms with E-state index in [0.717, 1.165) is 19.4 Å². The van der Waals surface area contributed by atoms with Gasteiger partial charge in [0, 0.05) is 24.7 Å². The number of methoxy groups -OCH3 is 1. The number of benzene rings is 1. The number of nitrogens with two attached hydrogens (primary N) is 1. The Morgan fingerprint density at radius 1 is 1.37 bits per heavy atom. The number of esters is 1. The first-order valence-electron chi connectivity index (χ1n) is 6.35. The number of hydrogen-bond acceptors (Lipinski definition) is 4. The van der Waals surface area contributed by atoms with Crippen LogP contribution >= 0.6 is 0 Å². The molecule has 0 spiro atoms. The van der Waals surface area contributed by atoms with Gasteiger partial charge in [-0.3, -0.25) is 4.79 Å². The van der Waals surface area contributed by atoms with Crippen LogP contribution in [-0.4, -0.2) is 43.0 Å². The van der Waals surface area contributed by atoms with Crippen molar-refractivity contribution in [3.05, 3.63) is 35.4 Å². The van der Waals surface area contributed by atoms with E-state index < -0.39 is 5.97 Å². The highest BCUT2D eigenvalue weighted by molar-refractivity contribution is 5.98.